The second-order valence-electron chi connectivity index (χ2n) is 4.63. The lowest BCUT2D eigenvalue weighted by Gasteiger charge is -2.09. The molecule has 2 N–H and O–H groups in total. The van der Waals surface area contributed by atoms with Crippen LogP contribution in [0.15, 0.2) is 59.0 Å². The molecule has 3 heteroatoms. The molecule has 3 rings (SSSR count). The standard InChI is InChI=1S/C16H14ClNO/c17-16-8-7-15(19-16)14(18)10-11-5-6-12-3-1-2-4-13(12)9-11/h1-9,14H,10,18H2. The minimum atomic E-state index is -0.173. The summed E-state index contributed by atoms with van der Waals surface area (Å²) in [6, 6.07) is 18.1. The molecular weight excluding hydrogens is 258 g/mol. The molecule has 0 saturated heterocycles. The fraction of sp³-hybridized carbons (Fsp3) is 0.125. The molecule has 0 aliphatic heterocycles. The zero-order chi connectivity index (χ0) is 13.2. The van der Waals surface area contributed by atoms with Gasteiger partial charge in [-0.1, -0.05) is 42.5 Å². The number of furan rings is 1. The summed E-state index contributed by atoms with van der Waals surface area (Å²) in [5, 5.41) is 2.84. The first-order valence-electron chi connectivity index (χ1n) is 6.21. The zero-order valence-electron chi connectivity index (χ0n) is 10.3. The molecule has 3 aromatic rings. The average Bonchev–Trinajstić information content (AvgIpc) is 2.85. The monoisotopic (exact) mass is 271 g/mol. The van der Waals surface area contributed by atoms with Crippen molar-refractivity contribution in [1.29, 1.82) is 0 Å². The van der Waals surface area contributed by atoms with Crippen molar-refractivity contribution in [2.75, 3.05) is 0 Å². The number of rotatable bonds is 3. The first-order valence-corrected chi connectivity index (χ1v) is 6.59. The van der Waals surface area contributed by atoms with E-state index in [0.717, 1.165) is 12.2 Å². The second kappa shape index (κ2) is 5.08. The molecule has 0 bridgehead atoms. The Morgan fingerprint density at radius 2 is 1.79 bits per heavy atom. The van der Waals surface area contributed by atoms with Crippen molar-refractivity contribution in [2.24, 2.45) is 5.73 Å². The highest BCUT2D eigenvalue weighted by Gasteiger charge is 2.11. The van der Waals surface area contributed by atoms with Gasteiger partial charge in [-0.25, -0.2) is 0 Å². The summed E-state index contributed by atoms with van der Waals surface area (Å²) in [6.45, 7) is 0. The minimum absolute atomic E-state index is 0.173. The van der Waals surface area contributed by atoms with Gasteiger partial charge in [-0.2, -0.15) is 0 Å². The van der Waals surface area contributed by atoms with Gasteiger partial charge in [0.15, 0.2) is 5.22 Å². The van der Waals surface area contributed by atoms with Crippen LogP contribution in [-0.4, -0.2) is 0 Å². The zero-order valence-corrected chi connectivity index (χ0v) is 11.1. The van der Waals surface area contributed by atoms with Crippen molar-refractivity contribution in [1.82, 2.24) is 0 Å². The van der Waals surface area contributed by atoms with E-state index in [9.17, 15) is 0 Å². The van der Waals surface area contributed by atoms with Gasteiger partial charge in [-0.3, -0.25) is 0 Å². The van der Waals surface area contributed by atoms with Crippen LogP contribution in [0.5, 0.6) is 0 Å². The van der Waals surface area contributed by atoms with Gasteiger partial charge in [0.2, 0.25) is 0 Å². The third-order valence-electron chi connectivity index (χ3n) is 3.23. The predicted octanol–water partition coefficient (Wildman–Crippen LogP) is 4.33. The molecule has 1 aromatic heterocycles. The van der Waals surface area contributed by atoms with Crippen LogP contribution in [0.25, 0.3) is 10.8 Å². The van der Waals surface area contributed by atoms with Gasteiger partial charge < -0.3 is 10.2 Å². The second-order valence-corrected chi connectivity index (χ2v) is 5.01. The van der Waals surface area contributed by atoms with Crippen LogP contribution in [-0.2, 0) is 6.42 Å². The van der Waals surface area contributed by atoms with Gasteiger partial charge in [0.25, 0.3) is 0 Å². The van der Waals surface area contributed by atoms with Gasteiger partial charge in [0, 0.05) is 0 Å². The third-order valence-corrected chi connectivity index (χ3v) is 3.43. The lowest BCUT2D eigenvalue weighted by molar-refractivity contribution is 0.466. The Hall–Kier alpha value is -1.77. The van der Waals surface area contributed by atoms with Crippen molar-refractivity contribution in [3.8, 4) is 0 Å². The minimum Gasteiger partial charge on any atom is -0.448 e. The number of hydrogen-bond donors (Lipinski definition) is 1. The molecule has 96 valence electrons. The van der Waals surface area contributed by atoms with Crippen LogP contribution in [0.4, 0.5) is 0 Å². The van der Waals surface area contributed by atoms with Gasteiger partial charge >= 0.3 is 0 Å². The fourth-order valence-corrected chi connectivity index (χ4v) is 2.40. The average molecular weight is 272 g/mol. The van der Waals surface area contributed by atoms with E-state index in [1.807, 2.05) is 18.2 Å². The predicted molar refractivity (Wildman–Crippen MR) is 78.3 cm³/mol. The van der Waals surface area contributed by atoms with Gasteiger partial charge in [0.1, 0.15) is 5.76 Å². The molecule has 0 saturated carbocycles. The third kappa shape index (κ3) is 2.65. The maximum Gasteiger partial charge on any atom is 0.193 e. The Kier molecular flexibility index (Phi) is 3.28. The molecule has 1 heterocycles. The van der Waals surface area contributed by atoms with Crippen LogP contribution < -0.4 is 5.73 Å². The molecule has 0 fully saturated rings. The Bertz CT molecular complexity index is 705. The van der Waals surface area contributed by atoms with Crippen LogP contribution in [0.2, 0.25) is 5.22 Å². The molecular formula is C16H14ClNO. The Morgan fingerprint density at radius 3 is 2.53 bits per heavy atom. The van der Waals surface area contributed by atoms with Crippen molar-refractivity contribution < 1.29 is 4.42 Å². The molecule has 2 nitrogen and oxygen atoms in total. The topological polar surface area (TPSA) is 39.2 Å². The maximum atomic E-state index is 6.13. The van der Waals surface area contributed by atoms with Gasteiger partial charge in [0.05, 0.1) is 6.04 Å². The Balaban J connectivity index is 1.84. The summed E-state index contributed by atoms with van der Waals surface area (Å²) in [5.41, 5.74) is 7.33. The molecule has 1 atom stereocenters. The SMILES string of the molecule is NC(Cc1ccc2ccccc2c1)c1ccc(Cl)o1. The highest BCUT2D eigenvalue weighted by molar-refractivity contribution is 6.28. The van der Waals surface area contributed by atoms with E-state index in [0.29, 0.717) is 5.22 Å². The molecule has 0 radical (unpaired) electrons. The fourth-order valence-electron chi connectivity index (χ4n) is 2.25. The highest BCUT2D eigenvalue weighted by atomic mass is 35.5. The lowest BCUT2D eigenvalue weighted by atomic mass is 10.0. The summed E-state index contributed by atoms with van der Waals surface area (Å²) < 4.78 is 5.35. The number of halogens is 1. The smallest absolute Gasteiger partial charge is 0.193 e. The number of nitrogens with two attached hydrogens (primary N) is 1. The Morgan fingerprint density at radius 1 is 1.00 bits per heavy atom. The van der Waals surface area contributed by atoms with E-state index in [1.165, 1.54) is 16.3 Å². The van der Waals surface area contributed by atoms with Gasteiger partial charge in [-0.05, 0) is 46.5 Å². The Labute approximate surface area is 116 Å². The van der Waals surface area contributed by atoms with Crippen molar-refractivity contribution in [3.05, 3.63) is 71.1 Å². The normalized spacial score (nSPS) is 12.7. The molecule has 0 aliphatic carbocycles. The quantitative estimate of drug-likeness (QED) is 0.770. The lowest BCUT2D eigenvalue weighted by Crippen LogP contribution is -2.12. The molecule has 0 aliphatic rings. The number of benzene rings is 2. The molecule has 0 amide bonds. The molecule has 1 unspecified atom stereocenters. The number of hydrogen-bond acceptors (Lipinski definition) is 2. The summed E-state index contributed by atoms with van der Waals surface area (Å²) >= 11 is 5.76. The number of fused-ring (bicyclic) bond motifs is 1. The van der Waals surface area contributed by atoms with E-state index in [1.54, 1.807) is 6.07 Å². The summed E-state index contributed by atoms with van der Waals surface area (Å²) in [4.78, 5) is 0. The van der Waals surface area contributed by atoms with Crippen LogP contribution in [0.3, 0.4) is 0 Å². The van der Waals surface area contributed by atoms with E-state index in [2.05, 4.69) is 30.3 Å². The van der Waals surface area contributed by atoms with Gasteiger partial charge in [-0.15, -0.1) is 0 Å². The van der Waals surface area contributed by atoms with E-state index >= 15 is 0 Å². The molecule has 19 heavy (non-hydrogen) atoms. The summed E-state index contributed by atoms with van der Waals surface area (Å²) in [7, 11) is 0. The van der Waals surface area contributed by atoms with E-state index < -0.39 is 0 Å². The van der Waals surface area contributed by atoms with E-state index in [4.69, 9.17) is 21.8 Å². The molecule has 0 spiro atoms. The van der Waals surface area contributed by atoms with Crippen LogP contribution >= 0.6 is 11.6 Å². The molecule has 2 aromatic carbocycles. The van der Waals surface area contributed by atoms with Crippen molar-refractivity contribution in [3.63, 3.8) is 0 Å². The van der Waals surface area contributed by atoms with E-state index in [-0.39, 0.29) is 6.04 Å². The highest BCUT2D eigenvalue weighted by Crippen LogP contribution is 2.23. The largest absolute Gasteiger partial charge is 0.448 e. The van der Waals surface area contributed by atoms with Crippen molar-refractivity contribution in [2.45, 2.75) is 12.5 Å². The van der Waals surface area contributed by atoms with Crippen LogP contribution in [0, 0.1) is 0 Å². The van der Waals surface area contributed by atoms with Crippen LogP contribution in [0.1, 0.15) is 17.4 Å². The summed E-state index contributed by atoms with van der Waals surface area (Å²) in [5.74, 6) is 0.721. The maximum absolute atomic E-state index is 6.13. The summed E-state index contributed by atoms with van der Waals surface area (Å²) in [6.07, 6.45) is 0.731. The van der Waals surface area contributed by atoms with Crippen molar-refractivity contribution >= 4 is 22.4 Å². The first kappa shape index (κ1) is 12.3. The first-order chi connectivity index (χ1) is 9.22.